The van der Waals surface area contributed by atoms with E-state index in [9.17, 15) is 14.4 Å². The number of H-pyrrole nitrogens is 1. The molecule has 0 unspecified atom stereocenters. The third-order valence-corrected chi connectivity index (χ3v) is 8.73. The van der Waals surface area contributed by atoms with Crippen molar-refractivity contribution in [3.63, 3.8) is 0 Å². The van der Waals surface area contributed by atoms with Crippen LogP contribution in [0.4, 0.5) is 17.3 Å². The van der Waals surface area contributed by atoms with Crippen molar-refractivity contribution in [3.05, 3.63) is 78.1 Å². The fourth-order valence-electron chi connectivity index (χ4n) is 5.96. The summed E-state index contributed by atoms with van der Waals surface area (Å²) in [4.78, 5) is 55.8. The van der Waals surface area contributed by atoms with E-state index in [1.807, 2.05) is 41.4 Å². The fraction of sp³-hybridized carbons (Fsp3) is 0.303. The number of hydrogen-bond donors (Lipinski definition) is 3. The molecule has 232 valence electrons. The number of hydrogen-bond acceptors (Lipinski definition) is 7. The minimum Gasteiger partial charge on any atom is -0.366 e. The van der Waals surface area contributed by atoms with E-state index < -0.39 is 0 Å². The first-order chi connectivity index (χ1) is 21.8. The van der Waals surface area contributed by atoms with E-state index in [4.69, 9.17) is 16.6 Å². The standard InChI is InChI=1S/C33H35ClN8O3/c1-3-30(44)38-28-9-8-22(18-29(28)41-16-14-40(15-17-41)21(2)43)32(45)42-12-10-23(11-13-42)37-33-36-20-26(34)31(39-33)25-19-35-27-7-5-4-6-24(25)27/h3-9,18-20,23,35H,1,10-17H2,2H3,(H,38,44)(H,36,37,39). The number of nitrogens with one attached hydrogen (secondary N) is 3. The van der Waals surface area contributed by atoms with Gasteiger partial charge in [-0.25, -0.2) is 9.97 Å². The number of aromatic amines is 1. The minimum absolute atomic E-state index is 0.0361. The summed E-state index contributed by atoms with van der Waals surface area (Å²) in [7, 11) is 0. The van der Waals surface area contributed by atoms with Crippen molar-refractivity contribution >= 4 is 57.5 Å². The number of carbonyl (C=O) groups excluding carboxylic acids is 3. The molecule has 0 atom stereocenters. The molecule has 0 aliphatic carbocycles. The predicted molar refractivity (Wildman–Crippen MR) is 177 cm³/mol. The van der Waals surface area contributed by atoms with Gasteiger partial charge in [-0.05, 0) is 43.2 Å². The molecule has 4 aromatic rings. The predicted octanol–water partition coefficient (Wildman–Crippen LogP) is 4.79. The highest BCUT2D eigenvalue weighted by Gasteiger charge is 2.27. The van der Waals surface area contributed by atoms with E-state index in [0.29, 0.717) is 67.2 Å². The van der Waals surface area contributed by atoms with Gasteiger partial charge < -0.3 is 30.3 Å². The Balaban J connectivity index is 1.12. The first-order valence-corrected chi connectivity index (χ1v) is 15.4. The average molecular weight is 627 g/mol. The van der Waals surface area contributed by atoms with Gasteiger partial charge in [0, 0.05) is 80.5 Å². The third kappa shape index (κ3) is 6.48. The maximum Gasteiger partial charge on any atom is 0.253 e. The Morgan fingerprint density at radius 3 is 2.51 bits per heavy atom. The number of fused-ring (bicyclic) bond motifs is 1. The van der Waals surface area contributed by atoms with Crippen LogP contribution in [0.5, 0.6) is 0 Å². The lowest BCUT2D eigenvalue weighted by molar-refractivity contribution is -0.129. The quantitative estimate of drug-likeness (QED) is 0.252. The lowest BCUT2D eigenvalue weighted by atomic mass is 10.0. The Hall–Kier alpha value is -4.90. The molecule has 2 aromatic carbocycles. The van der Waals surface area contributed by atoms with Crippen LogP contribution >= 0.6 is 11.6 Å². The van der Waals surface area contributed by atoms with E-state index in [-0.39, 0.29) is 23.8 Å². The normalized spacial score (nSPS) is 15.6. The number of amides is 3. The van der Waals surface area contributed by atoms with Crippen molar-refractivity contribution < 1.29 is 14.4 Å². The molecule has 4 heterocycles. The summed E-state index contributed by atoms with van der Waals surface area (Å²) >= 11 is 6.51. The van der Waals surface area contributed by atoms with Gasteiger partial charge in [-0.2, -0.15) is 0 Å². The first kappa shape index (κ1) is 30.1. The molecule has 3 amide bonds. The van der Waals surface area contributed by atoms with E-state index >= 15 is 0 Å². The number of para-hydroxylation sites is 1. The number of likely N-dealkylation sites (tertiary alicyclic amines) is 1. The minimum atomic E-state index is -0.328. The SMILES string of the molecule is C=CC(=O)Nc1ccc(C(=O)N2CCC(Nc3ncc(Cl)c(-c4c[nH]c5ccccc45)n3)CC2)cc1N1CCN(C(C)=O)CC1. The Kier molecular flexibility index (Phi) is 8.70. The van der Waals surface area contributed by atoms with Crippen LogP contribution in [0.2, 0.25) is 5.02 Å². The lowest BCUT2D eigenvalue weighted by Crippen LogP contribution is -2.48. The Morgan fingerprint density at radius 1 is 1.02 bits per heavy atom. The molecule has 11 nitrogen and oxygen atoms in total. The molecule has 6 rings (SSSR count). The molecule has 0 radical (unpaired) electrons. The van der Waals surface area contributed by atoms with Gasteiger partial charge in [0.15, 0.2) is 0 Å². The number of piperazine rings is 1. The van der Waals surface area contributed by atoms with Crippen molar-refractivity contribution in [1.82, 2.24) is 24.8 Å². The molecule has 0 spiro atoms. The summed E-state index contributed by atoms with van der Waals surface area (Å²) in [6.45, 7) is 8.59. The van der Waals surface area contributed by atoms with Crippen molar-refractivity contribution in [2.45, 2.75) is 25.8 Å². The highest BCUT2D eigenvalue weighted by molar-refractivity contribution is 6.33. The average Bonchev–Trinajstić information content (AvgIpc) is 3.50. The van der Waals surface area contributed by atoms with Gasteiger partial charge in [0.05, 0.1) is 28.3 Å². The Labute approximate surface area is 266 Å². The van der Waals surface area contributed by atoms with Crippen LogP contribution in [0.25, 0.3) is 22.2 Å². The zero-order chi connectivity index (χ0) is 31.5. The maximum atomic E-state index is 13.6. The maximum absolute atomic E-state index is 13.6. The number of piperidine rings is 1. The zero-order valence-corrected chi connectivity index (χ0v) is 25.8. The van der Waals surface area contributed by atoms with Crippen LogP contribution in [0.3, 0.4) is 0 Å². The smallest absolute Gasteiger partial charge is 0.253 e. The second-order valence-corrected chi connectivity index (χ2v) is 11.7. The number of carbonyl (C=O) groups is 3. The number of nitrogens with zero attached hydrogens (tertiary/aromatic N) is 5. The molecule has 12 heteroatoms. The largest absolute Gasteiger partial charge is 0.366 e. The monoisotopic (exact) mass is 626 g/mol. The van der Waals surface area contributed by atoms with Crippen LogP contribution in [0.15, 0.2) is 67.5 Å². The number of aromatic nitrogens is 3. The second-order valence-electron chi connectivity index (χ2n) is 11.3. The molecule has 0 bridgehead atoms. The Morgan fingerprint density at radius 2 is 1.78 bits per heavy atom. The highest BCUT2D eigenvalue weighted by Crippen LogP contribution is 2.33. The topological polar surface area (TPSA) is 127 Å². The van der Waals surface area contributed by atoms with Crippen molar-refractivity contribution in [1.29, 1.82) is 0 Å². The highest BCUT2D eigenvalue weighted by atomic mass is 35.5. The van der Waals surface area contributed by atoms with Crippen LogP contribution < -0.4 is 15.5 Å². The summed E-state index contributed by atoms with van der Waals surface area (Å²) in [5, 5.41) is 7.81. The van der Waals surface area contributed by atoms with Crippen LogP contribution in [-0.2, 0) is 9.59 Å². The van der Waals surface area contributed by atoms with Crippen LogP contribution in [0, 0.1) is 0 Å². The van der Waals surface area contributed by atoms with E-state index in [1.165, 1.54) is 6.08 Å². The molecule has 45 heavy (non-hydrogen) atoms. The number of halogens is 1. The zero-order valence-electron chi connectivity index (χ0n) is 25.1. The van der Waals surface area contributed by atoms with Gasteiger partial charge in [-0.1, -0.05) is 36.4 Å². The Bertz CT molecular complexity index is 1760. The molecular formula is C33H35ClN8O3. The van der Waals surface area contributed by atoms with Crippen molar-refractivity contribution in [2.24, 2.45) is 0 Å². The summed E-state index contributed by atoms with van der Waals surface area (Å²) in [6.07, 6.45) is 6.20. The second kappa shape index (κ2) is 13.0. The number of anilines is 3. The van der Waals surface area contributed by atoms with Gasteiger partial charge in [0.25, 0.3) is 5.91 Å². The van der Waals surface area contributed by atoms with Gasteiger partial charge in [0.1, 0.15) is 0 Å². The first-order valence-electron chi connectivity index (χ1n) is 15.0. The van der Waals surface area contributed by atoms with E-state index in [2.05, 4.69) is 32.1 Å². The number of rotatable bonds is 7. The van der Waals surface area contributed by atoms with Gasteiger partial charge >= 0.3 is 0 Å². The van der Waals surface area contributed by atoms with Crippen molar-refractivity contribution in [3.8, 4) is 11.3 Å². The molecular weight excluding hydrogens is 592 g/mol. The summed E-state index contributed by atoms with van der Waals surface area (Å²) in [5.41, 5.74) is 4.48. The van der Waals surface area contributed by atoms with Crippen LogP contribution in [0.1, 0.15) is 30.1 Å². The lowest BCUT2D eigenvalue weighted by Gasteiger charge is -2.37. The molecule has 2 fully saturated rings. The van der Waals surface area contributed by atoms with Gasteiger partial charge in [-0.3, -0.25) is 14.4 Å². The van der Waals surface area contributed by atoms with Crippen molar-refractivity contribution in [2.75, 3.05) is 54.8 Å². The summed E-state index contributed by atoms with van der Waals surface area (Å²) in [6, 6.07) is 13.4. The van der Waals surface area contributed by atoms with Gasteiger partial charge in [0.2, 0.25) is 17.8 Å². The molecule has 2 aliphatic heterocycles. The molecule has 0 saturated carbocycles. The van der Waals surface area contributed by atoms with E-state index in [0.717, 1.165) is 35.0 Å². The molecule has 2 aliphatic rings. The van der Waals surface area contributed by atoms with E-state index in [1.54, 1.807) is 30.2 Å². The van der Waals surface area contributed by atoms with Gasteiger partial charge in [-0.15, -0.1) is 0 Å². The molecule has 2 aromatic heterocycles. The third-order valence-electron chi connectivity index (χ3n) is 8.46. The van der Waals surface area contributed by atoms with Crippen LogP contribution in [-0.4, -0.2) is 87.8 Å². The molecule has 2 saturated heterocycles. The number of benzene rings is 2. The molecule has 3 N–H and O–H groups in total. The summed E-state index contributed by atoms with van der Waals surface area (Å²) < 4.78 is 0. The fourth-order valence-corrected chi connectivity index (χ4v) is 6.16. The summed E-state index contributed by atoms with van der Waals surface area (Å²) in [5.74, 6) is 0.138.